The van der Waals surface area contributed by atoms with Crippen LogP contribution in [0.5, 0.6) is 0 Å². The van der Waals surface area contributed by atoms with Crippen molar-refractivity contribution < 1.29 is 4.79 Å². The number of aryl methyl sites for hydroxylation is 1. The Hall–Kier alpha value is -2.95. The normalized spacial score (nSPS) is 12.1. The van der Waals surface area contributed by atoms with Gasteiger partial charge in [0.1, 0.15) is 5.82 Å². The second-order valence-corrected chi connectivity index (χ2v) is 11.4. The van der Waals surface area contributed by atoms with E-state index in [-0.39, 0.29) is 17.5 Å². The van der Waals surface area contributed by atoms with Crippen LogP contribution >= 0.6 is 0 Å². The molecule has 5 nitrogen and oxygen atoms in total. The highest BCUT2D eigenvalue weighted by molar-refractivity contribution is 5.79. The van der Waals surface area contributed by atoms with Gasteiger partial charge in [0, 0.05) is 13.0 Å². The molecule has 40 heavy (non-hydrogen) atoms. The largest absolute Gasteiger partial charge is 0.333 e. The molecule has 0 unspecified atom stereocenters. The van der Waals surface area contributed by atoms with Gasteiger partial charge in [-0.05, 0) is 51.0 Å². The Bertz CT molecular complexity index is 1230. The fourth-order valence-electron chi connectivity index (χ4n) is 5.49. The lowest BCUT2D eigenvalue weighted by atomic mass is 10.1. The molecular formula is C35H51N3O2. The van der Waals surface area contributed by atoms with Crippen LogP contribution in [0.3, 0.4) is 0 Å². The van der Waals surface area contributed by atoms with Gasteiger partial charge >= 0.3 is 0 Å². The highest BCUT2D eigenvalue weighted by Gasteiger charge is 2.26. The summed E-state index contributed by atoms with van der Waals surface area (Å²) in [7, 11) is 0. The lowest BCUT2D eigenvalue weighted by Crippen LogP contribution is -2.38. The minimum absolute atomic E-state index is 0.0892. The molecule has 218 valence electrons. The molecule has 0 saturated heterocycles. The number of carbonyl (C=O) groups excluding carboxylic acids is 1. The first-order chi connectivity index (χ1) is 19.5. The van der Waals surface area contributed by atoms with Gasteiger partial charge in [-0.15, -0.1) is 0 Å². The van der Waals surface area contributed by atoms with E-state index in [2.05, 4.69) is 13.8 Å². The highest BCUT2D eigenvalue weighted by atomic mass is 16.2. The Morgan fingerprint density at radius 2 is 1.38 bits per heavy atom. The molecule has 5 heteroatoms. The quantitative estimate of drug-likeness (QED) is 0.150. The summed E-state index contributed by atoms with van der Waals surface area (Å²) < 4.78 is 1.72. The maximum absolute atomic E-state index is 13.8. The van der Waals surface area contributed by atoms with Gasteiger partial charge in [0.25, 0.3) is 5.56 Å². The van der Waals surface area contributed by atoms with E-state index in [1.807, 2.05) is 67.3 Å². The van der Waals surface area contributed by atoms with Crippen LogP contribution in [0.2, 0.25) is 0 Å². The zero-order chi connectivity index (χ0) is 28.7. The Morgan fingerprint density at radius 1 is 0.800 bits per heavy atom. The number of fused-ring (bicyclic) bond motifs is 1. The minimum Gasteiger partial charge on any atom is -0.333 e. The van der Waals surface area contributed by atoms with E-state index in [1.54, 1.807) is 4.57 Å². The Labute approximate surface area is 242 Å². The number of hydrogen-bond acceptors (Lipinski definition) is 3. The van der Waals surface area contributed by atoms with E-state index < -0.39 is 0 Å². The zero-order valence-corrected chi connectivity index (χ0v) is 25.5. The van der Waals surface area contributed by atoms with Crippen LogP contribution in [-0.2, 0) is 4.79 Å². The van der Waals surface area contributed by atoms with Crippen molar-refractivity contribution in [3.05, 3.63) is 70.3 Å². The van der Waals surface area contributed by atoms with Crippen molar-refractivity contribution in [2.24, 2.45) is 0 Å². The van der Waals surface area contributed by atoms with Crippen LogP contribution in [0.25, 0.3) is 16.6 Å². The van der Waals surface area contributed by atoms with E-state index in [4.69, 9.17) is 4.98 Å². The van der Waals surface area contributed by atoms with Crippen molar-refractivity contribution in [2.75, 3.05) is 6.54 Å². The average molecular weight is 546 g/mol. The molecule has 1 atom stereocenters. The summed E-state index contributed by atoms with van der Waals surface area (Å²) in [6.45, 7) is 9.22. The number of nitrogens with zero attached hydrogens (tertiary/aromatic N) is 3. The standard InChI is InChI=1S/C35H51N3O2/c1-5-7-9-11-12-13-14-15-16-22-33(39)37(27-19-10-8-6-2)29(4)34-36-32-21-18-17-20-31(32)35(40)38(34)30-25-23-28(3)24-26-30/h17-18,20-21,23-26,29H,5-16,19,22,27H2,1-4H3/t29-/m0/s1. The molecule has 2 aromatic carbocycles. The van der Waals surface area contributed by atoms with Crippen molar-refractivity contribution in [1.29, 1.82) is 0 Å². The van der Waals surface area contributed by atoms with Crippen LogP contribution in [0, 0.1) is 6.92 Å². The summed E-state index contributed by atoms with van der Waals surface area (Å²) in [6.07, 6.45) is 16.0. The molecule has 0 aliphatic rings. The fourth-order valence-corrected chi connectivity index (χ4v) is 5.49. The van der Waals surface area contributed by atoms with E-state index in [0.717, 1.165) is 49.8 Å². The summed E-state index contributed by atoms with van der Waals surface area (Å²) in [5.41, 5.74) is 2.51. The summed E-state index contributed by atoms with van der Waals surface area (Å²) in [5.74, 6) is 0.799. The number of unbranched alkanes of at least 4 members (excludes halogenated alkanes) is 11. The van der Waals surface area contributed by atoms with Crippen LogP contribution in [0.1, 0.15) is 128 Å². The van der Waals surface area contributed by atoms with Gasteiger partial charge in [-0.1, -0.05) is 114 Å². The van der Waals surface area contributed by atoms with Crippen LogP contribution < -0.4 is 5.56 Å². The smallest absolute Gasteiger partial charge is 0.266 e. The van der Waals surface area contributed by atoms with Gasteiger partial charge < -0.3 is 4.90 Å². The lowest BCUT2D eigenvalue weighted by Gasteiger charge is -2.31. The van der Waals surface area contributed by atoms with Gasteiger partial charge in [-0.25, -0.2) is 4.98 Å². The van der Waals surface area contributed by atoms with Crippen LogP contribution in [0.4, 0.5) is 0 Å². The second-order valence-electron chi connectivity index (χ2n) is 11.4. The van der Waals surface area contributed by atoms with Gasteiger partial charge in [0.05, 0.1) is 22.6 Å². The Balaban J connectivity index is 1.81. The molecule has 1 heterocycles. The monoisotopic (exact) mass is 545 g/mol. The molecule has 1 aromatic heterocycles. The number of benzene rings is 2. The summed E-state index contributed by atoms with van der Waals surface area (Å²) in [5, 5.41) is 0.592. The van der Waals surface area contributed by atoms with Gasteiger partial charge in [-0.3, -0.25) is 14.2 Å². The maximum atomic E-state index is 13.8. The number of carbonyl (C=O) groups is 1. The number of amides is 1. The zero-order valence-electron chi connectivity index (χ0n) is 25.5. The average Bonchev–Trinajstić information content (AvgIpc) is 2.96. The molecule has 0 radical (unpaired) electrons. The molecule has 0 N–H and O–H groups in total. The van der Waals surface area contributed by atoms with Crippen molar-refractivity contribution in [2.45, 2.75) is 124 Å². The topological polar surface area (TPSA) is 55.2 Å². The first kappa shape index (κ1) is 31.6. The molecule has 1 amide bonds. The predicted octanol–water partition coefficient (Wildman–Crippen LogP) is 9.08. The molecule has 3 rings (SSSR count). The third-order valence-electron chi connectivity index (χ3n) is 8.00. The number of aromatic nitrogens is 2. The SMILES string of the molecule is CCCCCCCCCCCC(=O)N(CCCCCC)[C@@H](C)c1nc2ccccc2c(=O)n1-c1ccc(C)cc1. The second kappa shape index (κ2) is 17.0. The molecule has 0 aliphatic heterocycles. The Morgan fingerprint density at radius 3 is 2.02 bits per heavy atom. The number of hydrogen-bond donors (Lipinski definition) is 0. The van der Waals surface area contributed by atoms with Crippen molar-refractivity contribution in [3.8, 4) is 5.69 Å². The maximum Gasteiger partial charge on any atom is 0.266 e. The fraction of sp³-hybridized carbons (Fsp3) is 0.571. The summed E-state index contributed by atoms with van der Waals surface area (Å²) in [6, 6.07) is 15.2. The molecule has 0 spiro atoms. The van der Waals surface area contributed by atoms with Crippen molar-refractivity contribution in [3.63, 3.8) is 0 Å². The number of rotatable bonds is 18. The van der Waals surface area contributed by atoms with Gasteiger partial charge in [0.2, 0.25) is 5.91 Å². The van der Waals surface area contributed by atoms with Crippen molar-refractivity contribution in [1.82, 2.24) is 14.5 Å². The van der Waals surface area contributed by atoms with Crippen molar-refractivity contribution >= 4 is 16.8 Å². The summed E-state index contributed by atoms with van der Waals surface area (Å²) in [4.78, 5) is 34.5. The predicted molar refractivity (Wildman–Crippen MR) is 168 cm³/mol. The van der Waals surface area contributed by atoms with Gasteiger partial charge in [-0.2, -0.15) is 0 Å². The van der Waals surface area contributed by atoms with E-state index in [0.29, 0.717) is 29.7 Å². The molecule has 0 fully saturated rings. The van der Waals surface area contributed by atoms with Gasteiger partial charge in [0.15, 0.2) is 0 Å². The Kier molecular flexibility index (Phi) is 13.4. The molecule has 3 aromatic rings. The lowest BCUT2D eigenvalue weighted by molar-refractivity contribution is -0.133. The molecule has 0 saturated carbocycles. The third kappa shape index (κ3) is 9.04. The molecule has 0 bridgehead atoms. The van der Waals surface area contributed by atoms with Crippen LogP contribution in [0.15, 0.2) is 53.3 Å². The van der Waals surface area contributed by atoms with Crippen LogP contribution in [-0.4, -0.2) is 26.9 Å². The first-order valence-electron chi connectivity index (χ1n) is 15.9. The van der Waals surface area contributed by atoms with E-state index in [1.165, 1.54) is 44.9 Å². The number of para-hydroxylation sites is 1. The first-order valence-corrected chi connectivity index (χ1v) is 15.9. The highest BCUT2D eigenvalue weighted by Crippen LogP contribution is 2.25. The molecular weight excluding hydrogens is 494 g/mol. The third-order valence-corrected chi connectivity index (χ3v) is 8.00. The summed E-state index contributed by atoms with van der Waals surface area (Å²) >= 11 is 0. The van der Waals surface area contributed by atoms with E-state index >= 15 is 0 Å². The minimum atomic E-state index is -0.314. The van der Waals surface area contributed by atoms with E-state index in [9.17, 15) is 9.59 Å². The molecule has 0 aliphatic carbocycles.